The molecule has 0 aliphatic carbocycles. The van der Waals surface area contributed by atoms with E-state index < -0.39 is 0 Å². The van der Waals surface area contributed by atoms with E-state index in [2.05, 4.69) is 4.90 Å². The van der Waals surface area contributed by atoms with E-state index in [4.69, 9.17) is 18.6 Å². The molecule has 2 heterocycles. The standard InChI is InChI=1S/C20H27NO5/c1-14-6-7-17(26-14)13-21(12-16-5-4-8-25-16)11-15-9-18(23-2)20(22)19(10-15)24-3/h6-7,9-10,16,22H,4-5,8,11-13H2,1-3H3. The van der Waals surface area contributed by atoms with E-state index in [9.17, 15) is 5.11 Å². The van der Waals surface area contributed by atoms with Gasteiger partial charge in [-0.2, -0.15) is 0 Å². The second-order valence-electron chi connectivity index (χ2n) is 6.67. The van der Waals surface area contributed by atoms with Crippen molar-refractivity contribution in [2.75, 3.05) is 27.4 Å². The Bertz CT molecular complexity index is 696. The summed E-state index contributed by atoms with van der Waals surface area (Å²) < 4.78 is 22.1. The Balaban J connectivity index is 1.79. The third-order valence-electron chi connectivity index (χ3n) is 4.61. The lowest BCUT2D eigenvalue weighted by Gasteiger charge is -2.25. The van der Waals surface area contributed by atoms with Gasteiger partial charge in [-0.1, -0.05) is 0 Å². The minimum absolute atomic E-state index is 0.0195. The van der Waals surface area contributed by atoms with Crippen LogP contribution >= 0.6 is 0 Å². The van der Waals surface area contributed by atoms with E-state index in [-0.39, 0.29) is 11.9 Å². The van der Waals surface area contributed by atoms with Gasteiger partial charge in [0.25, 0.3) is 0 Å². The number of hydrogen-bond acceptors (Lipinski definition) is 6. The van der Waals surface area contributed by atoms with Crippen molar-refractivity contribution >= 4 is 0 Å². The van der Waals surface area contributed by atoms with E-state index in [1.54, 1.807) is 0 Å². The van der Waals surface area contributed by atoms with Crippen molar-refractivity contribution in [1.82, 2.24) is 4.90 Å². The SMILES string of the molecule is COc1cc(CN(Cc2ccc(C)o2)CC2CCCO2)cc(OC)c1O. The Labute approximate surface area is 154 Å². The van der Waals surface area contributed by atoms with E-state index in [1.165, 1.54) is 14.2 Å². The van der Waals surface area contributed by atoms with Gasteiger partial charge in [0.05, 0.1) is 26.9 Å². The number of aromatic hydroxyl groups is 1. The first-order chi connectivity index (χ1) is 12.6. The van der Waals surface area contributed by atoms with Crippen molar-refractivity contribution in [3.63, 3.8) is 0 Å². The lowest BCUT2D eigenvalue weighted by molar-refractivity contribution is 0.0653. The highest BCUT2D eigenvalue weighted by molar-refractivity contribution is 5.52. The molecule has 1 saturated heterocycles. The summed E-state index contributed by atoms with van der Waals surface area (Å²) in [7, 11) is 3.07. The molecule has 1 aliphatic heterocycles. The van der Waals surface area contributed by atoms with Crippen molar-refractivity contribution in [3.8, 4) is 17.2 Å². The van der Waals surface area contributed by atoms with E-state index in [0.717, 1.165) is 43.1 Å². The topological polar surface area (TPSA) is 64.3 Å². The minimum atomic E-state index is 0.0195. The highest BCUT2D eigenvalue weighted by Gasteiger charge is 2.21. The number of aryl methyl sites for hydroxylation is 1. The number of nitrogens with zero attached hydrogens (tertiary/aromatic N) is 1. The Morgan fingerprint density at radius 3 is 2.42 bits per heavy atom. The van der Waals surface area contributed by atoms with Crippen LogP contribution in [0.15, 0.2) is 28.7 Å². The first-order valence-electron chi connectivity index (χ1n) is 8.92. The van der Waals surface area contributed by atoms with Crippen LogP contribution in [0.3, 0.4) is 0 Å². The average Bonchev–Trinajstić information content (AvgIpc) is 3.28. The van der Waals surface area contributed by atoms with Gasteiger partial charge in [-0.3, -0.25) is 4.90 Å². The Hall–Kier alpha value is -2.18. The molecule has 1 aliphatic rings. The van der Waals surface area contributed by atoms with Crippen molar-refractivity contribution in [2.24, 2.45) is 0 Å². The zero-order valence-electron chi connectivity index (χ0n) is 15.7. The molecule has 0 amide bonds. The molecule has 0 spiro atoms. The number of rotatable bonds is 8. The van der Waals surface area contributed by atoms with Gasteiger partial charge in [0.1, 0.15) is 11.5 Å². The molecule has 6 nitrogen and oxygen atoms in total. The van der Waals surface area contributed by atoms with Crippen molar-refractivity contribution in [2.45, 2.75) is 39.0 Å². The molecule has 3 rings (SSSR count). The molecule has 6 heteroatoms. The van der Waals surface area contributed by atoms with Gasteiger partial charge in [-0.15, -0.1) is 0 Å². The third kappa shape index (κ3) is 4.51. The summed E-state index contributed by atoms with van der Waals surface area (Å²) in [5.41, 5.74) is 0.998. The van der Waals surface area contributed by atoms with Crippen LogP contribution in [0.5, 0.6) is 17.2 Å². The highest BCUT2D eigenvalue weighted by Crippen LogP contribution is 2.37. The smallest absolute Gasteiger partial charge is 0.200 e. The fourth-order valence-electron chi connectivity index (χ4n) is 3.35. The second-order valence-corrected chi connectivity index (χ2v) is 6.67. The van der Waals surface area contributed by atoms with E-state index in [0.29, 0.717) is 24.6 Å². The van der Waals surface area contributed by atoms with Gasteiger partial charge < -0.3 is 23.7 Å². The van der Waals surface area contributed by atoms with Gasteiger partial charge in [-0.05, 0) is 49.6 Å². The van der Waals surface area contributed by atoms with Crippen LogP contribution in [-0.2, 0) is 17.8 Å². The molecule has 1 fully saturated rings. The van der Waals surface area contributed by atoms with Gasteiger partial charge >= 0.3 is 0 Å². The molecular weight excluding hydrogens is 334 g/mol. The molecule has 0 saturated carbocycles. The van der Waals surface area contributed by atoms with Crippen molar-refractivity contribution in [3.05, 3.63) is 41.3 Å². The van der Waals surface area contributed by atoms with Crippen LogP contribution in [0.25, 0.3) is 0 Å². The first-order valence-corrected chi connectivity index (χ1v) is 8.92. The summed E-state index contributed by atoms with van der Waals surface area (Å²) in [6.45, 7) is 4.97. The molecular formula is C20H27NO5. The minimum Gasteiger partial charge on any atom is -0.502 e. The normalized spacial score (nSPS) is 17.0. The molecule has 0 bridgehead atoms. The summed E-state index contributed by atoms with van der Waals surface area (Å²) in [6.07, 6.45) is 2.43. The summed E-state index contributed by atoms with van der Waals surface area (Å²) in [6, 6.07) is 7.67. The van der Waals surface area contributed by atoms with Crippen LogP contribution in [0, 0.1) is 6.92 Å². The van der Waals surface area contributed by atoms with Gasteiger partial charge in [0.15, 0.2) is 11.5 Å². The molecule has 2 aromatic rings. The number of phenols is 1. The predicted octanol–water partition coefficient (Wildman–Crippen LogP) is 3.49. The van der Waals surface area contributed by atoms with E-state index >= 15 is 0 Å². The van der Waals surface area contributed by atoms with Crippen molar-refractivity contribution < 1.29 is 23.7 Å². The van der Waals surface area contributed by atoms with Gasteiger partial charge in [-0.25, -0.2) is 0 Å². The van der Waals surface area contributed by atoms with Gasteiger partial charge in [0.2, 0.25) is 5.75 Å². The maximum atomic E-state index is 10.1. The molecule has 142 valence electrons. The lowest BCUT2D eigenvalue weighted by atomic mass is 10.1. The molecule has 1 aromatic heterocycles. The maximum Gasteiger partial charge on any atom is 0.200 e. The number of furan rings is 1. The molecule has 1 aromatic carbocycles. The largest absolute Gasteiger partial charge is 0.502 e. The fourth-order valence-corrected chi connectivity index (χ4v) is 3.35. The third-order valence-corrected chi connectivity index (χ3v) is 4.61. The Morgan fingerprint density at radius 2 is 1.88 bits per heavy atom. The average molecular weight is 361 g/mol. The molecule has 0 radical (unpaired) electrons. The van der Waals surface area contributed by atoms with Crippen molar-refractivity contribution in [1.29, 1.82) is 0 Å². The summed E-state index contributed by atoms with van der Waals surface area (Å²) >= 11 is 0. The number of methoxy groups -OCH3 is 2. The fraction of sp³-hybridized carbons (Fsp3) is 0.500. The van der Waals surface area contributed by atoms with Crippen LogP contribution in [0.4, 0.5) is 0 Å². The Kier molecular flexibility index (Phi) is 6.06. The summed E-state index contributed by atoms with van der Waals surface area (Å²) in [5.74, 6) is 2.67. The molecule has 26 heavy (non-hydrogen) atoms. The number of ether oxygens (including phenoxy) is 3. The van der Waals surface area contributed by atoms with Crippen LogP contribution in [-0.4, -0.2) is 43.5 Å². The zero-order valence-corrected chi connectivity index (χ0v) is 15.7. The monoisotopic (exact) mass is 361 g/mol. The molecule has 1 atom stereocenters. The second kappa shape index (κ2) is 8.47. The number of phenolic OH excluding ortho intramolecular Hbond substituents is 1. The quantitative estimate of drug-likeness (QED) is 0.776. The van der Waals surface area contributed by atoms with Crippen LogP contribution in [0.2, 0.25) is 0 Å². The van der Waals surface area contributed by atoms with Crippen LogP contribution < -0.4 is 9.47 Å². The maximum absolute atomic E-state index is 10.1. The molecule has 1 unspecified atom stereocenters. The lowest BCUT2D eigenvalue weighted by Crippen LogP contribution is -2.31. The van der Waals surface area contributed by atoms with Crippen LogP contribution in [0.1, 0.15) is 29.9 Å². The highest BCUT2D eigenvalue weighted by atomic mass is 16.5. The molecule has 1 N–H and O–H groups in total. The first kappa shape index (κ1) is 18.6. The van der Waals surface area contributed by atoms with Gasteiger partial charge in [0, 0.05) is 19.7 Å². The summed E-state index contributed by atoms with van der Waals surface area (Å²) in [5, 5.41) is 10.1. The summed E-state index contributed by atoms with van der Waals surface area (Å²) in [4.78, 5) is 2.29. The Morgan fingerprint density at radius 1 is 1.15 bits per heavy atom. The number of hydrogen-bond donors (Lipinski definition) is 1. The van der Waals surface area contributed by atoms with E-state index in [1.807, 2.05) is 31.2 Å². The zero-order chi connectivity index (χ0) is 18.5. The number of benzene rings is 1. The predicted molar refractivity (Wildman–Crippen MR) is 97.7 cm³/mol.